The molecule has 3 atom stereocenters. The number of aliphatic hydroxyl groups is 1. The van der Waals surface area contributed by atoms with Gasteiger partial charge in [0.15, 0.2) is 6.29 Å². The van der Waals surface area contributed by atoms with Crippen molar-refractivity contribution >= 4 is 29.4 Å². The van der Waals surface area contributed by atoms with Crippen LogP contribution in [0.15, 0.2) is 0 Å². The number of carbonyl (C=O) groups is 1. The molecule has 94 valence electrons. The lowest BCUT2D eigenvalue weighted by Gasteiger charge is -2.33. The summed E-state index contributed by atoms with van der Waals surface area (Å²) in [7, 11) is 0. The number of hydrogen-bond donors (Lipinski definition) is 2. The molecule has 0 aromatic carbocycles. The Morgan fingerprint density at radius 2 is 1.94 bits per heavy atom. The van der Waals surface area contributed by atoms with Gasteiger partial charge in [-0.05, 0) is 36.9 Å². The van der Waals surface area contributed by atoms with E-state index in [4.69, 9.17) is 4.74 Å². The molecule has 0 bridgehead atoms. The highest BCUT2D eigenvalue weighted by Gasteiger charge is 2.34. The zero-order chi connectivity index (χ0) is 12.0. The van der Waals surface area contributed by atoms with Crippen LogP contribution in [-0.2, 0) is 9.53 Å². The van der Waals surface area contributed by atoms with Crippen LogP contribution in [-0.4, -0.2) is 53.5 Å². The monoisotopic (exact) mass is 265 g/mol. The van der Waals surface area contributed by atoms with Crippen LogP contribution < -0.4 is 5.32 Å². The standard InChI is InChI=1S/C10H19NO3S2/c1-15-5-3-7-10(13)14-8(4-6-16-2)9(12)11-7/h7-8,10,13H,3-6H2,1-2H3,(H,11,12). The quantitative estimate of drug-likeness (QED) is 0.740. The number of hydrogen-bond acceptors (Lipinski definition) is 5. The Morgan fingerprint density at radius 1 is 1.31 bits per heavy atom. The van der Waals surface area contributed by atoms with E-state index in [-0.39, 0.29) is 11.9 Å². The molecule has 1 aliphatic rings. The zero-order valence-corrected chi connectivity index (χ0v) is 11.3. The number of ether oxygens (including phenoxy) is 1. The van der Waals surface area contributed by atoms with Gasteiger partial charge in [0.05, 0.1) is 6.04 Å². The van der Waals surface area contributed by atoms with Crippen LogP contribution in [0.5, 0.6) is 0 Å². The Hall–Kier alpha value is 0.0900. The summed E-state index contributed by atoms with van der Waals surface area (Å²) in [6.45, 7) is 0. The van der Waals surface area contributed by atoms with Crippen molar-refractivity contribution in [3.63, 3.8) is 0 Å². The van der Waals surface area contributed by atoms with Gasteiger partial charge < -0.3 is 15.2 Å². The molecule has 0 spiro atoms. The predicted molar refractivity (Wildman–Crippen MR) is 68.8 cm³/mol. The van der Waals surface area contributed by atoms with E-state index in [1.165, 1.54) is 0 Å². The summed E-state index contributed by atoms with van der Waals surface area (Å²) in [6, 6.07) is -0.259. The van der Waals surface area contributed by atoms with Gasteiger partial charge >= 0.3 is 0 Å². The first kappa shape index (κ1) is 14.2. The molecule has 1 heterocycles. The average molecular weight is 265 g/mol. The highest BCUT2D eigenvalue weighted by molar-refractivity contribution is 7.98. The number of amides is 1. The van der Waals surface area contributed by atoms with Crippen molar-refractivity contribution in [1.82, 2.24) is 5.32 Å². The molecule has 1 amide bonds. The van der Waals surface area contributed by atoms with Gasteiger partial charge in [-0.1, -0.05) is 0 Å². The van der Waals surface area contributed by atoms with Crippen LogP contribution >= 0.6 is 23.5 Å². The summed E-state index contributed by atoms with van der Waals surface area (Å²) in [5.74, 6) is 1.67. The molecule has 2 N–H and O–H groups in total. The normalized spacial score (nSPS) is 30.2. The fourth-order valence-electron chi connectivity index (χ4n) is 1.56. The van der Waals surface area contributed by atoms with Crippen molar-refractivity contribution in [2.75, 3.05) is 24.0 Å². The van der Waals surface area contributed by atoms with Crippen molar-refractivity contribution in [1.29, 1.82) is 0 Å². The summed E-state index contributed by atoms with van der Waals surface area (Å²) in [5, 5.41) is 12.6. The number of carbonyl (C=O) groups excluding carboxylic acids is 1. The highest BCUT2D eigenvalue weighted by atomic mass is 32.2. The topological polar surface area (TPSA) is 58.6 Å². The van der Waals surface area contributed by atoms with Gasteiger partial charge in [0.25, 0.3) is 0 Å². The molecule has 0 aliphatic carbocycles. The van der Waals surface area contributed by atoms with Gasteiger partial charge in [-0.2, -0.15) is 23.5 Å². The van der Waals surface area contributed by atoms with E-state index in [1.807, 2.05) is 12.5 Å². The minimum atomic E-state index is -0.864. The number of aliphatic hydroxyl groups excluding tert-OH is 1. The maximum atomic E-state index is 11.7. The van der Waals surface area contributed by atoms with E-state index in [1.54, 1.807) is 23.5 Å². The largest absolute Gasteiger partial charge is 0.366 e. The Balaban J connectivity index is 2.40. The van der Waals surface area contributed by atoms with Crippen molar-refractivity contribution in [2.24, 2.45) is 0 Å². The number of nitrogens with one attached hydrogen (secondary N) is 1. The summed E-state index contributed by atoms with van der Waals surface area (Å²) in [6.07, 6.45) is 4.02. The van der Waals surface area contributed by atoms with Crippen molar-refractivity contribution < 1.29 is 14.6 Å². The lowest BCUT2D eigenvalue weighted by atomic mass is 10.1. The molecular weight excluding hydrogens is 246 g/mol. The molecule has 0 saturated carbocycles. The first-order chi connectivity index (χ1) is 7.69. The lowest BCUT2D eigenvalue weighted by Crippen LogP contribution is -2.56. The second kappa shape index (κ2) is 7.42. The number of rotatable bonds is 6. The zero-order valence-electron chi connectivity index (χ0n) is 9.64. The van der Waals surface area contributed by atoms with E-state index in [2.05, 4.69) is 5.32 Å². The van der Waals surface area contributed by atoms with Crippen LogP contribution in [0.3, 0.4) is 0 Å². The van der Waals surface area contributed by atoms with Gasteiger partial charge in [0.2, 0.25) is 5.91 Å². The molecule has 1 rings (SSSR count). The summed E-state index contributed by atoms with van der Waals surface area (Å²) >= 11 is 3.36. The fraction of sp³-hybridized carbons (Fsp3) is 0.900. The first-order valence-electron chi connectivity index (χ1n) is 5.30. The number of thioether (sulfide) groups is 2. The van der Waals surface area contributed by atoms with Gasteiger partial charge in [0.1, 0.15) is 6.10 Å². The molecular formula is C10H19NO3S2. The molecule has 3 unspecified atom stereocenters. The van der Waals surface area contributed by atoms with Crippen LogP contribution in [0.4, 0.5) is 0 Å². The molecule has 0 aromatic heterocycles. The van der Waals surface area contributed by atoms with Crippen LogP contribution in [0.2, 0.25) is 0 Å². The van der Waals surface area contributed by atoms with Crippen molar-refractivity contribution in [3.8, 4) is 0 Å². The van der Waals surface area contributed by atoms with E-state index < -0.39 is 12.4 Å². The van der Waals surface area contributed by atoms with Crippen molar-refractivity contribution in [3.05, 3.63) is 0 Å². The average Bonchev–Trinajstić information content (AvgIpc) is 2.28. The minimum Gasteiger partial charge on any atom is -0.366 e. The highest BCUT2D eigenvalue weighted by Crippen LogP contribution is 2.16. The van der Waals surface area contributed by atoms with E-state index in [9.17, 15) is 9.90 Å². The third-order valence-corrected chi connectivity index (χ3v) is 3.77. The number of morpholine rings is 1. The Morgan fingerprint density at radius 3 is 2.56 bits per heavy atom. The molecule has 6 heteroatoms. The molecule has 0 aromatic rings. The second-order valence-corrected chi connectivity index (χ2v) is 5.66. The van der Waals surface area contributed by atoms with Gasteiger partial charge in [-0.3, -0.25) is 4.79 Å². The first-order valence-corrected chi connectivity index (χ1v) is 8.09. The predicted octanol–water partition coefficient (Wildman–Crippen LogP) is 0.695. The van der Waals surface area contributed by atoms with Crippen LogP contribution in [0.25, 0.3) is 0 Å². The minimum absolute atomic E-state index is 0.0922. The SMILES string of the molecule is CSCCC1OC(O)C(CCSC)NC1=O. The summed E-state index contributed by atoms with van der Waals surface area (Å²) < 4.78 is 5.33. The summed E-state index contributed by atoms with van der Waals surface area (Å²) in [5.41, 5.74) is 0. The Bertz CT molecular complexity index is 228. The Labute approximate surface area is 105 Å². The Kier molecular flexibility index (Phi) is 6.57. The smallest absolute Gasteiger partial charge is 0.249 e. The molecule has 1 saturated heterocycles. The third kappa shape index (κ3) is 4.16. The van der Waals surface area contributed by atoms with Crippen molar-refractivity contribution in [2.45, 2.75) is 31.3 Å². The molecule has 4 nitrogen and oxygen atoms in total. The van der Waals surface area contributed by atoms with Crippen LogP contribution in [0.1, 0.15) is 12.8 Å². The molecule has 16 heavy (non-hydrogen) atoms. The van der Waals surface area contributed by atoms with E-state index in [0.717, 1.165) is 17.9 Å². The van der Waals surface area contributed by atoms with Crippen LogP contribution in [0, 0.1) is 0 Å². The van der Waals surface area contributed by atoms with E-state index >= 15 is 0 Å². The fourth-order valence-corrected chi connectivity index (χ4v) is 2.49. The molecule has 1 fully saturated rings. The second-order valence-electron chi connectivity index (χ2n) is 3.69. The molecule has 0 radical (unpaired) electrons. The van der Waals surface area contributed by atoms with E-state index in [0.29, 0.717) is 6.42 Å². The third-order valence-electron chi connectivity index (χ3n) is 2.49. The maximum Gasteiger partial charge on any atom is 0.249 e. The van der Waals surface area contributed by atoms with Gasteiger partial charge in [-0.15, -0.1) is 0 Å². The molecule has 1 aliphatic heterocycles. The lowest BCUT2D eigenvalue weighted by molar-refractivity contribution is -0.189. The van der Waals surface area contributed by atoms with Gasteiger partial charge in [-0.25, -0.2) is 0 Å². The maximum absolute atomic E-state index is 11.7. The van der Waals surface area contributed by atoms with Gasteiger partial charge in [0, 0.05) is 0 Å². The summed E-state index contributed by atoms with van der Waals surface area (Å²) in [4.78, 5) is 11.7.